The van der Waals surface area contributed by atoms with Crippen molar-refractivity contribution in [2.45, 2.75) is 52.1 Å². The highest BCUT2D eigenvalue weighted by Gasteiger charge is 2.53. The van der Waals surface area contributed by atoms with Crippen molar-refractivity contribution in [3.8, 4) is 11.5 Å². The van der Waals surface area contributed by atoms with Gasteiger partial charge in [0.05, 0.1) is 7.11 Å². The highest BCUT2D eigenvalue weighted by Crippen LogP contribution is 2.60. The molecule has 0 aromatic heterocycles. The second-order valence-electron chi connectivity index (χ2n) is 10.1. The number of rotatable bonds is 7. The Morgan fingerprint density at radius 1 is 1.00 bits per heavy atom. The van der Waals surface area contributed by atoms with Gasteiger partial charge in [0.2, 0.25) is 0 Å². The number of hydrogen-bond donors (Lipinski definition) is 0. The third kappa shape index (κ3) is 4.15. The topological polar surface area (TPSA) is 35.5 Å². The minimum Gasteiger partial charge on any atom is -0.496 e. The summed E-state index contributed by atoms with van der Waals surface area (Å²) < 4.78 is 11.5. The Labute approximate surface area is 185 Å². The van der Waals surface area contributed by atoms with Gasteiger partial charge in [-0.2, -0.15) is 0 Å². The monoisotopic (exact) mass is 416 g/mol. The van der Waals surface area contributed by atoms with Gasteiger partial charge in [-0.1, -0.05) is 29.8 Å². The Morgan fingerprint density at radius 2 is 1.65 bits per heavy atom. The van der Waals surface area contributed by atoms with Crippen LogP contribution in [0.25, 0.3) is 6.08 Å². The molecule has 3 heteroatoms. The standard InChI is InChI=1S/C28H32O3/c1-19-3-7-25(8-4-19)31-18-24-14-20(5-9-26(24)30-2)6-10-27(29)28-15-21-11-22(16-28)13-23(12-21)17-28/h3-10,14,21-23H,11-13,15-18H2,1-2H3/b10-6+. The highest BCUT2D eigenvalue weighted by molar-refractivity contribution is 5.98. The van der Waals surface area contributed by atoms with E-state index in [1.54, 1.807) is 7.11 Å². The first-order valence-electron chi connectivity index (χ1n) is 11.6. The summed E-state index contributed by atoms with van der Waals surface area (Å²) in [5.74, 6) is 4.35. The quantitative estimate of drug-likeness (QED) is 0.491. The molecular formula is C28H32O3. The molecule has 4 saturated carbocycles. The molecule has 0 heterocycles. The van der Waals surface area contributed by atoms with Crippen LogP contribution in [-0.4, -0.2) is 12.9 Å². The van der Waals surface area contributed by atoms with Crippen LogP contribution in [0.15, 0.2) is 48.5 Å². The molecule has 0 saturated heterocycles. The van der Waals surface area contributed by atoms with Gasteiger partial charge in [-0.3, -0.25) is 4.79 Å². The van der Waals surface area contributed by atoms with E-state index in [4.69, 9.17) is 9.47 Å². The summed E-state index contributed by atoms with van der Waals surface area (Å²) in [5, 5.41) is 0. The second kappa shape index (κ2) is 8.18. The SMILES string of the molecule is COc1ccc(/C=C/C(=O)C23CC4CC(CC(C4)C2)C3)cc1COc1ccc(C)cc1. The van der Waals surface area contributed by atoms with Gasteiger partial charge in [0, 0.05) is 11.0 Å². The lowest BCUT2D eigenvalue weighted by atomic mass is 9.48. The maximum absolute atomic E-state index is 13.3. The second-order valence-corrected chi connectivity index (χ2v) is 10.1. The molecule has 0 N–H and O–H groups in total. The summed E-state index contributed by atoms with van der Waals surface area (Å²) in [7, 11) is 1.68. The smallest absolute Gasteiger partial charge is 0.161 e. The van der Waals surface area contributed by atoms with E-state index >= 15 is 0 Å². The Kier molecular flexibility index (Phi) is 5.37. The minimum atomic E-state index is -0.0743. The number of benzene rings is 2. The van der Waals surface area contributed by atoms with Crippen molar-refractivity contribution in [3.05, 3.63) is 65.2 Å². The zero-order chi connectivity index (χ0) is 21.4. The number of aryl methyl sites for hydroxylation is 1. The van der Waals surface area contributed by atoms with Gasteiger partial charge < -0.3 is 9.47 Å². The third-order valence-electron chi connectivity index (χ3n) is 7.71. The van der Waals surface area contributed by atoms with Crippen LogP contribution in [0.2, 0.25) is 0 Å². The lowest BCUT2D eigenvalue weighted by Crippen LogP contribution is -2.49. The summed E-state index contributed by atoms with van der Waals surface area (Å²) in [4.78, 5) is 13.3. The van der Waals surface area contributed by atoms with Crippen molar-refractivity contribution in [2.75, 3.05) is 7.11 Å². The normalized spacial score (nSPS) is 28.8. The van der Waals surface area contributed by atoms with Gasteiger partial charge in [0.1, 0.15) is 18.1 Å². The number of methoxy groups -OCH3 is 1. The van der Waals surface area contributed by atoms with Crippen LogP contribution < -0.4 is 9.47 Å². The Morgan fingerprint density at radius 3 is 2.26 bits per heavy atom. The molecule has 2 aromatic carbocycles. The molecule has 4 aliphatic carbocycles. The van der Waals surface area contributed by atoms with E-state index in [0.717, 1.165) is 59.6 Å². The Hall–Kier alpha value is -2.55. The fourth-order valence-corrected chi connectivity index (χ4v) is 6.57. The molecule has 162 valence electrons. The molecule has 4 aliphatic rings. The van der Waals surface area contributed by atoms with Crippen molar-refractivity contribution in [2.24, 2.45) is 23.2 Å². The first-order chi connectivity index (χ1) is 15.0. The van der Waals surface area contributed by atoms with Crippen LogP contribution in [0.3, 0.4) is 0 Å². The van der Waals surface area contributed by atoms with E-state index in [1.807, 2.05) is 48.6 Å². The summed E-state index contributed by atoms with van der Waals surface area (Å²) in [6, 6.07) is 14.1. The molecule has 0 spiro atoms. The average molecular weight is 417 g/mol. The van der Waals surface area contributed by atoms with Crippen molar-refractivity contribution in [3.63, 3.8) is 0 Å². The van der Waals surface area contributed by atoms with Crippen LogP contribution in [0.1, 0.15) is 55.2 Å². The van der Waals surface area contributed by atoms with Crippen LogP contribution in [0.4, 0.5) is 0 Å². The third-order valence-corrected chi connectivity index (χ3v) is 7.71. The Bertz CT molecular complexity index is 951. The molecule has 2 aromatic rings. The first kappa shape index (κ1) is 20.4. The van der Waals surface area contributed by atoms with Gasteiger partial charge in [-0.05, 0) is 99.1 Å². The van der Waals surface area contributed by atoms with Crippen molar-refractivity contribution in [1.29, 1.82) is 0 Å². The molecule has 31 heavy (non-hydrogen) atoms. The molecule has 3 nitrogen and oxygen atoms in total. The van der Waals surface area contributed by atoms with E-state index in [-0.39, 0.29) is 5.41 Å². The number of allylic oxidation sites excluding steroid dienone is 1. The summed E-state index contributed by atoms with van der Waals surface area (Å²) in [6.45, 7) is 2.49. The van der Waals surface area contributed by atoms with E-state index < -0.39 is 0 Å². The highest BCUT2D eigenvalue weighted by atomic mass is 16.5. The molecule has 0 amide bonds. The predicted molar refractivity (Wildman–Crippen MR) is 123 cm³/mol. The van der Waals surface area contributed by atoms with Gasteiger partial charge in [0.25, 0.3) is 0 Å². The number of ketones is 1. The van der Waals surface area contributed by atoms with E-state index in [2.05, 4.69) is 13.0 Å². The maximum atomic E-state index is 13.3. The molecule has 4 fully saturated rings. The predicted octanol–water partition coefficient (Wildman–Crippen LogP) is 6.38. The fourth-order valence-electron chi connectivity index (χ4n) is 6.57. The largest absolute Gasteiger partial charge is 0.496 e. The lowest BCUT2D eigenvalue weighted by molar-refractivity contribution is -0.138. The number of carbonyl (C=O) groups is 1. The van der Waals surface area contributed by atoms with E-state index in [1.165, 1.54) is 24.8 Å². The van der Waals surface area contributed by atoms with Crippen molar-refractivity contribution >= 4 is 11.9 Å². The molecule has 0 atom stereocenters. The van der Waals surface area contributed by atoms with Crippen molar-refractivity contribution in [1.82, 2.24) is 0 Å². The van der Waals surface area contributed by atoms with Gasteiger partial charge in [0.15, 0.2) is 5.78 Å². The van der Waals surface area contributed by atoms with Gasteiger partial charge in [-0.25, -0.2) is 0 Å². The Balaban J connectivity index is 1.30. The molecule has 0 aliphatic heterocycles. The first-order valence-corrected chi connectivity index (χ1v) is 11.6. The number of carbonyl (C=O) groups excluding carboxylic acids is 1. The molecule has 6 rings (SSSR count). The van der Waals surface area contributed by atoms with Crippen LogP contribution >= 0.6 is 0 Å². The van der Waals surface area contributed by atoms with Crippen molar-refractivity contribution < 1.29 is 14.3 Å². The molecular weight excluding hydrogens is 384 g/mol. The molecule has 4 bridgehead atoms. The fraction of sp³-hybridized carbons (Fsp3) is 0.464. The minimum absolute atomic E-state index is 0.0743. The number of hydrogen-bond acceptors (Lipinski definition) is 3. The summed E-state index contributed by atoms with van der Waals surface area (Å²) in [6.07, 6.45) is 11.2. The number of ether oxygens (including phenoxy) is 2. The van der Waals surface area contributed by atoms with Crippen LogP contribution in [0, 0.1) is 30.1 Å². The maximum Gasteiger partial charge on any atom is 0.161 e. The zero-order valence-electron chi connectivity index (χ0n) is 18.6. The molecule has 0 radical (unpaired) electrons. The summed E-state index contributed by atoms with van der Waals surface area (Å²) >= 11 is 0. The summed E-state index contributed by atoms with van der Waals surface area (Å²) in [5.41, 5.74) is 3.13. The van der Waals surface area contributed by atoms with E-state index in [0.29, 0.717) is 12.4 Å². The van der Waals surface area contributed by atoms with E-state index in [9.17, 15) is 4.79 Å². The lowest BCUT2D eigenvalue weighted by Gasteiger charge is -2.55. The average Bonchev–Trinajstić information content (AvgIpc) is 2.76. The van der Waals surface area contributed by atoms with Crippen LogP contribution in [0.5, 0.6) is 11.5 Å². The van der Waals surface area contributed by atoms with Gasteiger partial charge >= 0.3 is 0 Å². The zero-order valence-corrected chi connectivity index (χ0v) is 18.6. The molecule has 0 unspecified atom stereocenters. The van der Waals surface area contributed by atoms with Crippen LogP contribution in [-0.2, 0) is 11.4 Å². The van der Waals surface area contributed by atoms with Gasteiger partial charge in [-0.15, -0.1) is 0 Å².